The smallest absolute Gasteiger partial charge is 0.0514 e. The van der Waals surface area contributed by atoms with Crippen LogP contribution >= 0.6 is 0 Å². The van der Waals surface area contributed by atoms with Crippen LogP contribution < -0.4 is 10.6 Å². The third-order valence-electron chi connectivity index (χ3n) is 4.09. The molecule has 1 saturated heterocycles. The van der Waals surface area contributed by atoms with Gasteiger partial charge in [-0.15, -0.1) is 0 Å². The monoisotopic (exact) mass is 262 g/mol. The summed E-state index contributed by atoms with van der Waals surface area (Å²) in [5, 5.41) is 0. The fraction of sp³-hybridized carbons (Fsp3) is 0.625. The van der Waals surface area contributed by atoms with E-state index in [4.69, 9.17) is 10.5 Å². The van der Waals surface area contributed by atoms with Crippen molar-refractivity contribution >= 4 is 5.69 Å². The molecule has 0 amide bonds. The molecule has 2 rings (SSSR count). The van der Waals surface area contributed by atoms with Crippen LogP contribution in [-0.2, 0) is 4.74 Å². The van der Waals surface area contributed by atoms with Crippen LogP contribution in [-0.4, -0.2) is 32.3 Å². The Hall–Kier alpha value is -1.06. The lowest BCUT2D eigenvalue weighted by Crippen LogP contribution is -2.48. The first kappa shape index (κ1) is 14.4. The van der Waals surface area contributed by atoms with E-state index < -0.39 is 0 Å². The van der Waals surface area contributed by atoms with Crippen LogP contribution in [0.3, 0.4) is 0 Å². The number of rotatable bonds is 5. The average molecular weight is 262 g/mol. The second-order valence-electron chi connectivity index (χ2n) is 5.40. The maximum Gasteiger partial charge on any atom is 0.0514 e. The van der Waals surface area contributed by atoms with Crippen LogP contribution in [0.1, 0.15) is 25.3 Å². The lowest BCUT2D eigenvalue weighted by Gasteiger charge is -2.39. The highest BCUT2D eigenvalue weighted by Gasteiger charge is 2.27. The largest absolute Gasteiger partial charge is 0.381 e. The molecule has 1 aliphatic heterocycles. The molecule has 3 heteroatoms. The first-order valence-electron chi connectivity index (χ1n) is 7.37. The molecule has 0 radical (unpaired) electrons. The van der Waals surface area contributed by atoms with Gasteiger partial charge >= 0.3 is 0 Å². The van der Waals surface area contributed by atoms with Gasteiger partial charge in [0.1, 0.15) is 0 Å². The van der Waals surface area contributed by atoms with Crippen LogP contribution in [0.15, 0.2) is 24.3 Å². The van der Waals surface area contributed by atoms with Crippen molar-refractivity contribution in [2.45, 2.75) is 32.7 Å². The number of hydrogen-bond acceptors (Lipinski definition) is 3. The average Bonchev–Trinajstić information content (AvgIpc) is 2.47. The molecule has 0 bridgehead atoms. The van der Waals surface area contributed by atoms with E-state index in [1.807, 2.05) is 0 Å². The molecule has 1 aromatic rings. The highest BCUT2D eigenvalue weighted by Crippen LogP contribution is 2.25. The number of nitrogens with zero attached hydrogens (tertiary/aromatic N) is 1. The Kier molecular flexibility index (Phi) is 5.23. The topological polar surface area (TPSA) is 38.5 Å². The van der Waals surface area contributed by atoms with Gasteiger partial charge in [-0.3, -0.25) is 0 Å². The van der Waals surface area contributed by atoms with Crippen LogP contribution in [0.5, 0.6) is 0 Å². The van der Waals surface area contributed by atoms with Crippen LogP contribution in [0.2, 0.25) is 0 Å². The van der Waals surface area contributed by atoms with E-state index in [1.54, 1.807) is 0 Å². The Bertz CT molecular complexity index is 371. The molecule has 0 aliphatic carbocycles. The van der Waals surface area contributed by atoms with Crippen molar-refractivity contribution in [1.29, 1.82) is 0 Å². The van der Waals surface area contributed by atoms with Crippen LogP contribution in [0, 0.1) is 12.8 Å². The van der Waals surface area contributed by atoms with E-state index >= 15 is 0 Å². The van der Waals surface area contributed by atoms with Crippen LogP contribution in [0.25, 0.3) is 0 Å². The van der Waals surface area contributed by atoms with Gasteiger partial charge in [0.25, 0.3) is 0 Å². The van der Waals surface area contributed by atoms with Crippen molar-refractivity contribution in [3.63, 3.8) is 0 Å². The van der Waals surface area contributed by atoms with E-state index in [9.17, 15) is 0 Å². The van der Waals surface area contributed by atoms with Gasteiger partial charge in [-0.25, -0.2) is 0 Å². The van der Waals surface area contributed by atoms with Gasteiger partial charge in [-0.2, -0.15) is 0 Å². The summed E-state index contributed by atoms with van der Waals surface area (Å²) in [6, 6.07) is 9.12. The quantitative estimate of drug-likeness (QED) is 0.886. The Morgan fingerprint density at radius 1 is 1.37 bits per heavy atom. The molecule has 1 heterocycles. The van der Waals surface area contributed by atoms with E-state index in [0.717, 1.165) is 26.2 Å². The zero-order chi connectivity index (χ0) is 13.7. The Morgan fingerprint density at radius 2 is 2.11 bits per heavy atom. The highest BCUT2D eigenvalue weighted by atomic mass is 16.5. The summed E-state index contributed by atoms with van der Waals surface area (Å²) in [5.41, 5.74) is 8.62. The highest BCUT2D eigenvalue weighted by molar-refractivity contribution is 5.48. The second-order valence-corrected chi connectivity index (χ2v) is 5.40. The molecule has 0 saturated carbocycles. The predicted octanol–water partition coefficient (Wildman–Crippen LogP) is 2.58. The maximum absolute atomic E-state index is 6.05. The molecule has 1 aromatic carbocycles. The van der Waals surface area contributed by atoms with Gasteiger partial charge < -0.3 is 15.4 Å². The minimum absolute atomic E-state index is 0.382. The summed E-state index contributed by atoms with van der Waals surface area (Å²) in [7, 11) is 0. The van der Waals surface area contributed by atoms with Crippen molar-refractivity contribution in [3.05, 3.63) is 29.8 Å². The molecule has 106 valence electrons. The SMILES string of the molecule is CCN(c1ccc(C)cc1)C(CN)C1CCCOC1. The second kappa shape index (κ2) is 6.92. The van der Waals surface area contributed by atoms with Crippen molar-refractivity contribution in [3.8, 4) is 0 Å². The van der Waals surface area contributed by atoms with Crippen molar-refractivity contribution < 1.29 is 4.74 Å². The van der Waals surface area contributed by atoms with Gasteiger partial charge in [-0.05, 0) is 38.8 Å². The summed E-state index contributed by atoms with van der Waals surface area (Å²) in [6.07, 6.45) is 2.39. The summed E-state index contributed by atoms with van der Waals surface area (Å²) >= 11 is 0. The number of nitrogens with two attached hydrogens (primary N) is 1. The molecule has 19 heavy (non-hydrogen) atoms. The molecule has 0 aromatic heterocycles. The fourth-order valence-electron chi connectivity index (χ4n) is 2.99. The molecule has 3 nitrogen and oxygen atoms in total. The normalized spacial score (nSPS) is 21.1. The minimum atomic E-state index is 0.382. The Labute approximate surface area is 116 Å². The van der Waals surface area contributed by atoms with Crippen molar-refractivity contribution in [2.75, 3.05) is 31.2 Å². The van der Waals surface area contributed by atoms with E-state index in [0.29, 0.717) is 18.5 Å². The zero-order valence-electron chi connectivity index (χ0n) is 12.1. The number of hydrogen-bond donors (Lipinski definition) is 1. The minimum Gasteiger partial charge on any atom is -0.381 e. The number of likely N-dealkylation sites (N-methyl/N-ethyl adjacent to an activating group) is 1. The van der Waals surface area contributed by atoms with Crippen molar-refractivity contribution in [1.82, 2.24) is 0 Å². The lowest BCUT2D eigenvalue weighted by molar-refractivity contribution is 0.0448. The van der Waals surface area contributed by atoms with Crippen LogP contribution in [0.4, 0.5) is 5.69 Å². The van der Waals surface area contributed by atoms with E-state index in [1.165, 1.54) is 17.7 Å². The molecule has 1 aliphatic rings. The summed E-state index contributed by atoms with van der Waals surface area (Å²) < 4.78 is 5.63. The van der Waals surface area contributed by atoms with Crippen molar-refractivity contribution in [2.24, 2.45) is 11.7 Å². The Morgan fingerprint density at radius 3 is 2.63 bits per heavy atom. The lowest BCUT2D eigenvalue weighted by atomic mass is 9.92. The predicted molar refractivity (Wildman–Crippen MR) is 80.6 cm³/mol. The third-order valence-corrected chi connectivity index (χ3v) is 4.09. The Balaban J connectivity index is 2.15. The molecular formula is C16H26N2O. The molecule has 0 spiro atoms. The summed E-state index contributed by atoms with van der Waals surface area (Å²) in [4.78, 5) is 2.43. The van der Waals surface area contributed by atoms with E-state index in [-0.39, 0.29) is 0 Å². The molecule has 2 N–H and O–H groups in total. The summed E-state index contributed by atoms with van der Waals surface area (Å²) in [6.45, 7) is 7.76. The van der Waals surface area contributed by atoms with E-state index in [2.05, 4.69) is 43.0 Å². The third kappa shape index (κ3) is 3.48. The van der Waals surface area contributed by atoms with Gasteiger partial charge in [0.2, 0.25) is 0 Å². The standard InChI is InChI=1S/C16H26N2O/c1-3-18(15-8-6-13(2)7-9-15)16(11-17)14-5-4-10-19-12-14/h6-9,14,16H,3-5,10-12,17H2,1-2H3. The fourth-order valence-corrected chi connectivity index (χ4v) is 2.99. The zero-order valence-corrected chi connectivity index (χ0v) is 12.1. The number of aryl methyl sites for hydroxylation is 1. The van der Waals surface area contributed by atoms with Gasteiger partial charge in [0, 0.05) is 37.3 Å². The molecule has 1 fully saturated rings. The first-order valence-corrected chi connectivity index (χ1v) is 7.37. The first-order chi connectivity index (χ1) is 9.26. The van der Waals surface area contributed by atoms with Gasteiger partial charge in [0.15, 0.2) is 0 Å². The summed E-state index contributed by atoms with van der Waals surface area (Å²) in [5.74, 6) is 0.556. The molecule has 2 atom stereocenters. The van der Waals surface area contributed by atoms with Gasteiger partial charge in [-0.1, -0.05) is 17.7 Å². The molecule has 2 unspecified atom stereocenters. The maximum atomic E-state index is 6.05. The number of benzene rings is 1. The van der Waals surface area contributed by atoms with Gasteiger partial charge in [0.05, 0.1) is 6.61 Å². The number of ether oxygens (including phenoxy) is 1. The molecular weight excluding hydrogens is 236 g/mol. The number of anilines is 1.